The number of hydrogen-bond donors (Lipinski definition) is 2. The molecule has 1 aromatic rings. The number of guanidine groups is 1. The highest BCUT2D eigenvalue weighted by molar-refractivity contribution is 5.77. The number of methoxy groups -OCH3 is 1. The molecule has 0 fully saturated rings. The molecule has 20 heavy (non-hydrogen) atoms. The summed E-state index contributed by atoms with van der Waals surface area (Å²) in [7, 11) is 1.65. The molecular formula is C15H25N3O2. The molecule has 5 heteroatoms. The van der Waals surface area contributed by atoms with Crippen LogP contribution >= 0.6 is 0 Å². The third-order valence-corrected chi connectivity index (χ3v) is 2.53. The van der Waals surface area contributed by atoms with Gasteiger partial charge in [0.2, 0.25) is 0 Å². The fourth-order valence-electron chi connectivity index (χ4n) is 1.51. The third-order valence-electron chi connectivity index (χ3n) is 2.53. The molecule has 0 aliphatic heterocycles. The van der Waals surface area contributed by atoms with Crippen molar-refractivity contribution in [1.82, 2.24) is 5.32 Å². The van der Waals surface area contributed by atoms with Gasteiger partial charge in [-0.2, -0.15) is 0 Å². The first-order valence-corrected chi connectivity index (χ1v) is 6.86. The maximum atomic E-state index is 5.75. The highest BCUT2D eigenvalue weighted by atomic mass is 16.5. The molecule has 0 saturated heterocycles. The van der Waals surface area contributed by atoms with E-state index in [1.54, 1.807) is 7.11 Å². The molecule has 0 spiro atoms. The van der Waals surface area contributed by atoms with Crippen molar-refractivity contribution in [1.29, 1.82) is 0 Å². The number of aliphatic imine (C=N–C) groups is 1. The van der Waals surface area contributed by atoms with Crippen LogP contribution in [0.1, 0.15) is 19.4 Å². The van der Waals surface area contributed by atoms with Crippen LogP contribution in [0.2, 0.25) is 0 Å². The van der Waals surface area contributed by atoms with Gasteiger partial charge in [-0.15, -0.1) is 0 Å². The molecule has 0 amide bonds. The molecule has 0 aliphatic rings. The first-order valence-electron chi connectivity index (χ1n) is 6.86. The van der Waals surface area contributed by atoms with Gasteiger partial charge in [0.1, 0.15) is 5.75 Å². The summed E-state index contributed by atoms with van der Waals surface area (Å²) in [5, 5.41) is 2.98. The summed E-state index contributed by atoms with van der Waals surface area (Å²) in [5.74, 6) is 1.81. The van der Waals surface area contributed by atoms with Crippen molar-refractivity contribution in [3.63, 3.8) is 0 Å². The lowest BCUT2D eigenvalue weighted by atomic mass is 10.2. The molecule has 0 saturated carbocycles. The topological polar surface area (TPSA) is 68.9 Å². The minimum Gasteiger partial charge on any atom is -0.493 e. The van der Waals surface area contributed by atoms with E-state index in [1.165, 1.54) is 0 Å². The summed E-state index contributed by atoms with van der Waals surface area (Å²) >= 11 is 0. The average Bonchev–Trinajstić information content (AvgIpc) is 2.44. The summed E-state index contributed by atoms with van der Waals surface area (Å²) < 4.78 is 10.6. The molecule has 1 rings (SSSR count). The van der Waals surface area contributed by atoms with E-state index in [0.717, 1.165) is 11.3 Å². The number of benzene rings is 1. The highest BCUT2D eigenvalue weighted by Crippen LogP contribution is 2.14. The molecule has 0 aromatic heterocycles. The monoisotopic (exact) mass is 279 g/mol. The molecule has 5 nitrogen and oxygen atoms in total. The molecular weight excluding hydrogens is 254 g/mol. The number of ether oxygens (including phenoxy) is 2. The number of hydrogen-bond acceptors (Lipinski definition) is 3. The van der Waals surface area contributed by atoms with Gasteiger partial charge < -0.3 is 20.5 Å². The van der Waals surface area contributed by atoms with Gasteiger partial charge in [0.05, 0.1) is 19.8 Å². The van der Waals surface area contributed by atoms with E-state index in [9.17, 15) is 0 Å². The molecule has 1 aromatic carbocycles. The Labute approximate surface area is 121 Å². The lowest BCUT2D eigenvalue weighted by molar-refractivity contribution is 0.204. The van der Waals surface area contributed by atoms with Gasteiger partial charge in [-0.1, -0.05) is 26.0 Å². The Morgan fingerprint density at radius 1 is 1.40 bits per heavy atom. The Bertz CT molecular complexity index is 419. The van der Waals surface area contributed by atoms with Crippen LogP contribution in [-0.2, 0) is 11.3 Å². The van der Waals surface area contributed by atoms with Gasteiger partial charge in [-0.3, -0.25) is 0 Å². The molecule has 0 radical (unpaired) electrons. The molecule has 0 aliphatic carbocycles. The Balaban J connectivity index is 2.46. The zero-order valence-electron chi connectivity index (χ0n) is 12.6. The van der Waals surface area contributed by atoms with Crippen molar-refractivity contribution in [2.45, 2.75) is 20.4 Å². The normalized spacial score (nSPS) is 11.7. The zero-order valence-corrected chi connectivity index (χ0v) is 12.6. The smallest absolute Gasteiger partial charge is 0.188 e. The van der Waals surface area contributed by atoms with Crippen LogP contribution in [-0.4, -0.2) is 32.8 Å². The lowest BCUT2D eigenvalue weighted by Crippen LogP contribution is -2.34. The van der Waals surface area contributed by atoms with Crippen LogP contribution in [0, 0.1) is 5.92 Å². The fraction of sp³-hybridized carbons (Fsp3) is 0.533. The summed E-state index contributed by atoms with van der Waals surface area (Å²) in [6.45, 7) is 6.76. The zero-order chi connectivity index (χ0) is 14.8. The van der Waals surface area contributed by atoms with Crippen molar-refractivity contribution in [2.75, 3.05) is 26.9 Å². The molecule has 0 unspecified atom stereocenters. The standard InChI is InChI=1S/C15H25N3O2/c1-12(2)11-20-14-6-4-5-13(9-14)10-18-15(16)17-7-8-19-3/h4-6,9,12H,7-8,10-11H2,1-3H3,(H3,16,17,18). The second-order valence-corrected chi connectivity index (χ2v) is 4.97. The average molecular weight is 279 g/mol. The molecule has 3 N–H and O–H groups in total. The maximum absolute atomic E-state index is 5.75. The van der Waals surface area contributed by atoms with Gasteiger partial charge in [0.25, 0.3) is 0 Å². The summed E-state index contributed by atoms with van der Waals surface area (Å²) in [6.07, 6.45) is 0. The quantitative estimate of drug-likeness (QED) is 0.432. The van der Waals surface area contributed by atoms with Crippen molar-refractivity contribution in [2.24, 2.45) is 16.6 Å². The predicted molar refractivity (Wildman–Crippen MR) is 82.0 cm³/mol. The van der Waals surface area contributed by atoms with E-state index in [-0.39, 0.29) is 0 Å². The SMILES string of the molecule is COCCNC(N)=NCc1cccc(OCC(C)C)c1. The van der Waals surface area contributed by atoms with E-state index in [4.69, 9.17) is 15.2 Å². The largest absolute Gasteiger partial charge is 0.493 e. The first-order chi connectivity index (χ1) is 9.61. The number of nitrogens with one attached hydrogen (secondary N) is 1. The van der Waals surface area contributed by atoms with Crippen LogP contribution in [0.3, 0.4) is 0 Å². The highest BCUT2D eigenvalue weighted by Gasteiger charge is 1.99. The predicted octanol–water partition coefficient (Wildman–Crippen LogP) is 1.77. The Kier molecular flexibility index (Phi) is 7.50. The van der Waals surface area contributed by atoms with Crippen LogP contribution < -0.4 is 15.8 Å². The Hall–Kier alpha value is -1.75. The number of nitrogens with two attached hydrogens (primary N) is 1. The van der Waals surface area contributed by atoms with Gasteiger partial charge >= 0.3 is 0 Å². The molecule has 0 heterocycles. The Morgan fingerprint density at radius 3 is 2.90 bits per heavy atom. The van der Waals surface area contributed by atoms with E-state index in [1.807, 2.05) is 24.3 Å². The van der Waals surface area contributed by atoms with Gasteiger partial charge in [0.15, 0.2) is 5.96 Å². The number of nitrogens with zero attached hydrogens (tertiary/aromatic N) is 1. The van der Waals surface area contributed by atoms with Crippen LogP contribution in [0.25, 0.3) is 0 Å². The van der Waals surface area contributed by atoms with Crippen molar-refractivity contribution in [3.8, 4) is 5.75 Å². The lowest BCUT2D eigenvalue weighted by Gasteiger charge is -2.09. The van der Waals surface area contributed by atoms with Crippen molar-refractivity contribution < 1.29 is 9.47 Å². The minimum atomic E-state index is 0.426. The summed E-state index contributed by atoms with van der Waals surface area (Å²) in [4.78, 5) is 4.27. The van der Waals surface area contributed by atoms with Crippen LogP contribution in [0.15, 0.2) is 29.3 Å². The van der Waals surface area contributed by atoms with Crippen molar-refractivity contribution in [3.05, 3.63) is 29.8 Å². The summed E-state index contributed by atoms with van der Waals surface area (Å²) in [6, 6.07) is 7.92. The van der Waals surface area contributed by atoms with Crippen molar-refractivity contribution >= 4 is 5.96 Å². The van der Waals surface area contributed by atoms with E-state index < -0.39 is 0 Å². The second-order valence-electron chi connectivity index (χ2n) is 4.97. The summed E-state index contributed by atoms with van der Waals surface area (Å²) in [5.41, 5.74) is 6.82. The van der Waals surface area contributed by atoms with E-state index in [2.05, 4.69) is 24.2 Å². The number of rotatable bonds is 8. The minimum absolute atomic E-state index is 0.426. The third kappa shape index (κ3) is 6.99. The first kappa shape index (κ1) is 16.3. The molecule has 112 valence electrons. The fourth-order valence-corrected chi connectivity index (χ4v) is 1.51. The van der Waals surface area contributed by atoms with Crippen LogP contribution in [0.5, 0.6) is 5.75 Å². The van der Waals surface area contributed by atoms with Gasteiger partial charge in [-0.05, 0) is 23.6 Å². The Morgan fingerprint density at radius 2 is 2.20 bits per heavy atom. The van der Waals surface area contributed by atoms with Crippen LogP contribution in [0.4, 0.5) is 0 Å². The maximum Gasteiger partial charge on any atom is 0.188 e. The molecule has 0 atom stereocenters. The van der Waals surface area contributed by atoms with E-state index in [0.29, 0.717) is 38.2 Å². The molecule has 0 bridgehead atoms. The van der Waals surface area contributed by atoms with E-state index >= 15 is 0 Å². The van der Waals surface area contributed by atoms with Gasteiger partial charge in [0, 0.05) is 13.7 Å². The van der Waals surface area contributed by atoms with Gasteiger partial charge in [-0.25, -0.2) is 4.99 Å². The second kappa shape index (κ2) is 9.20.